The molecule has 4 heteroatoms. The van der Waals surface area contributed by atoms with E-state index in [2.05, 4.69) is 24.3 Å². The molecular formula is C22H28O4. The highest BCUT2D eigenvalue weighted by molar-refractivity contribution is 5.76. The molecule has 26 heavy (non-hydrogen) atoms. The van der Waals surface area contributed by atoms with Gasteiger partial charge in [0.25, 0.3) is 0 Å². The van der Waals surface area contributed by atoms with Crippen LogP contribution in [0.2, 0.25) is 0 Å². The molecule has 3 rings (SSSR count). The zero-order chi connectivity index (χ0) is 18.5. The summed E-state index contributed by atoms with van der Waals surface area (Å²) in [5, 5.41) is 0. The van der Waals surface area contributed by atoms with Crippen LogP contribution in [0.1, 0.15) is 36.8 Å². The maximum absolute atomic E-state index is 5.57. The van der Waals surface area contributed by atoms with Crippen LogP contribution in [0.5, 0.6) is 23.0 Å². The largest absolute Gasteiger partial charge is 0.493 e. The van der Waals surface area contributed by atoms with E-state index in [1.165, 1.54) is 47.9 Å². The molecule has 0 atom stereocenters. The van der Waals surface area contributed by atoms with Crippen LogP contribution in [0.15, 0.2) is 24.3 Å². The van der Waals surface area contributed by atoms with E-state index >= 15 is 0 Å². The van der Waals surface area contributed by atoms with Crippen LogP contribution in [0.3, 0.4) is 0 Å². The molecule has 0 fully saturated rings. The van der Waals surface area contributed by atoms with Crippen molar-refractivity contribution in [2.45, 2.75) is 38.5 Å². The van der Waals surface area contributed by atoms with Crippen LogP contribution in [-0.2, 0) is 12.8 Å². The third kappa shape index (κ3) is 3.59. The molecule has 0 radical (unpaired) electrons. The summed E-state index contributed by atoms with van der Waals surface area (Å²) in [5.74, 6) is 3.07. The van der Waals surface area contributed by atoms with Crippen molar-refractivity contribution in [1.82, 2.24) is 0 Å². The van der Waals surface area contributed by atoms with Gasteiger partial charge >= 0.3 is 0 Å². The summed E-state index contributed by atoms with van der Waals surface area (Å²) in [7, 11) is 6.73. The highest BCUT2D eigenvalue weighted by Gasteiger charge is 2.19. The molecule has 0 heterocycles. The standard InChI is InChI=1S/C22H28O4/c1-23-19-11-15-9-7-5-6-8-10-16-12-20(24-2)22(26-4)14-18(16)17(15)13-21(19)25-3/h11-14H,5-10H2,1-4H3. The number of methoxy groups -OCH3 is 4. The summed E-state index contributed by atoms with van der Waals surface area (Å²) in [4.78, 5) is 0. The summed E-state index contributed by atoms with van der Waals surface area (Å²) < 4.78 is 22.2. The van der Waals surface area contributed by atoms with E-state index in [9.17, 15) is 0 Å². The maximum atomic E-state index is 5.57. The summed E-state index contributed by atoms with van der Waals surface area (Å²) in [6, 6.07) is 8.44. The maximum Gasteiger partial charge on any atom is 0.161 e. The zero-order valence-electron chi connectivity index (χ0n) is 16.2. The van der Waals surface area contributed by atoms with Crippen molar-refractivity contribution in [2.75, 3.05) is 28.4 Å². The molecule has 0 bridgehead atoms. The Kier molecular flexibility index (Phi) is 5.92. The van der Waals surface area contributed by atoms with Crippen molar-refractivity contribution in [3.8, 4) is 34.1 Å². The minimum absolute atomic E-state index is 0.754. The second-order valence-corrected chi connectivity index (χ2v) is 6.64. The SMILES string of the molecule is COc1cc2c(cc1OC)-c1cc(OC)c(OC)cc1CCCCCC2. The molecular weight excluding hydrogens is 328 g/mol. The average Bonchev–Trinajstić information content (AvgIpc) is 2.69. The Labute approximate surface area is 156 Å². The Bertz CT molecular complexity index is 702. The van der Waals surface area contributed by atoms with Crippen LogP contribution < -0.4 is 18.9 Å². The molecule has 0 spiro atoms. The highest BCUT2D eigenvalue weighted by Crippen LogP contribution is 2.42. The Morgan fingerprint density at radius 2 is 0.846 bits per heavy atom. The molecule has 1 aliphatic rings. The molecule has 2 aromatic rings. The molecule has 0 unspecified atom stereocenters. The molecule has 2 aromatic carbocycles. The summed E-state index contributed by atoms with van der Waals surface area (Å²) in [6.07, 6.45) is 6.93. The van der Waals surface area contributed by atoms with Crippen molar-refractivity contribution in [3.05, 3.63) is 35.4 Å². The van der Waals surface area contributed by atoms with E-state index in [4.69, 9.17) is 18.9 Å². The van der Waals surface area contributed by atoms with E-state index in [0.29, 0.717) is 0 Å². The van der Waals surface area contributed by atoms with Gasteiger partial charge in [0.1, 0.15) is 0 Å². The predicted octanol–water partition coefficient (Wildman–Crippen LogP) is 5.05. The number of hydrogen-bond acceptors (Lipinski definition) is 4. The molecule has 0 aliphatic heterocycles. The van der Waals surface area contributed by atoms with Gasteiger partial charge in [-0.25, -0.2) is 0 Å². The Hall–Kier alpha value is -2.36. The molecule has 1 aliphatic carbocycles. The quantitative estimate of drug-likeness (QED) is 0.768. The monoisotopic (exact) mass is 356 g/mol. The first-order chi connectivity index (χ1) is 12.7. The fraction of sp³-hybridized carbons (Fsp3) is 0.455. The van der Waals surface area contributed by atoms with Gasteiger partial charge < -0.3 is 18.9 Å². The smallest absolute Gasteiger partial charge is 0.161 e. The van der Waals surface area contributed by atoms with Gasteiger partial charge in [0, 0.05) is 0 Å². The first-order valence-electron chi connectivity index (χ1n) is 9.22. The lowest BCUT2D eigenvalue weighted by Crippen LogP contribution is -2.02. The lowest BCUT2D eigenvalue weighted by molar-refractivity contribution is 0.354. The Morgan fingerprint density at radius 1 is 0.500 bits per heavy atom. The van der Waals surface area contributed by atoms with E-state index in [0.717, 1.165) is 35.8 Å². The van der Waals surface area contributed by atoms with Crippen LogP contribution >= 0.6 is 0 Å². The van der Waals surface area contributed by atoms with Gasteiger partial charge in [-0.05, 0) is 72.2 Å². The number of fused-ring (bicyclic) bond motifs is 3. The molecule has 0 N–H and O–H groups in total. The molecule has 0 aromatic heterocycles. The summed E-state index contributed by atoms with van der Waals surface area (Å²) >= 11 is 0. The molecule has 0 saturated carbocycles. The molecule has 0 amide bonds. The first-order valence-corrected chi connectivity index (χ1v) is 9.22. The number of aryl methyl sites for hydroxylation is 2. The number of benzene rings is 2. The van der Waals surface area contributed by atoms with Gasteiger partial charge in [0.05, 0.1) is 28.4 Å². The van der Waals surface area contributed by atoms with Gasteiger partial charge in [-0.1, -0.05) is 12.8 Å². The topological polar surface area (TPSA) is 36.9 Å². The summed E-state index contributed by atoms with van der Waals surface area (Å²) in [5.41, 5.74) is 4.97. The van der Waals surface area contributed by atoms with Crippen LogP contribution in [0.25, 0.3) is 11.1 Å². The first kappa shape index (κ1) is 18.4. The predicted molar refractivity (Wildman–Crippen MR) is 104 cm³/mol. The second-order valence-electron chi connectivity index (χ2n) is 6.64. The lowest BCUT2D eigenvalue weighted by Gasteiger charge is -2.21. The Balaban J connectivity index is 2.24. The molecule has 140 valence electrons. The minimum atomic E-state index is 0.754. The van der Waals surface area contributed by atoms with Crippen molar-refractivity contribution >= 4 is 0 Å². The fourth-order valence-electron chi connectivity index (χ4n) is 3.74. The van der Waals surface area contributed by atoms with Gasteiger partial charge in [-0.3, -0.25) is 0 Å². The van der Waals surface area contributed by atoms with Gasteiger partial charge in [0.15, 0.2) is 23.0 Å². The van der Waals surface area contributed by atoms with E-state index in [1.54, 1.807) is 28.4 Å². The minimum Gasteiger partial charge on any atom is -0.493 e. The third-order valence-corrected chi connectivity index (χ3v) is 5.15. The third-order valence-electron chi connectivity index (χ3n) is 5.15. The number of hydrogen-bond donors (Lipinski definition) is 0. The zero-order valence-corrected chi connectivity index (χ0v) is 16.2. The van der Waals surface area contributed by atoms with E-state index in [-0.39, 0.29) is 0 Å². The van der Waals surface area contributed by atoms with Crippen LogP contribution in [0.4, 0.5) is 0 Å². The van der Waals surface area contributed by atoms with Crippen molar-refractivity contribution in [1.29, 1.82) is 0 Å². The Morgan fingerprint density at radius 3 is 1.19 bits per heavy atom. The van der Waals surface area contributed by atoms with Crippen molar-refractivity contribution < 1.29 is 18.9 Å². The van der Waals surface area contributed by atoms with Gasteiger partial charge in [0.2, 0.25) is 0 Å². The molecule has 4 nitrogen and oxygen atoms in total. The van der Waals surface area contributed by atoms with Gasteiger partial charge in [-0.2, -0.15) is 0 Å². The highest BCUT2D eigenvalue weighted by atomic mass is 16.5. The average molecular weight is 356 g/mol. The van der Waals surface area contributed by atoms with Crippen molar-refractivity contribution in [2.24, 2.45) is 0 Å². The molecule has 0 saturated heterocycles. The lowest BCUT2D eigenvalue weighted by atomic mass is 9.88. The summed E-state index contributed by atoms with van der Waals surface area (Å²) in [6.45, 7) is 0. The van der Waals surface area contributed by atoms with Crippen molar-refractivity contribution in [3.63, 3.8) is 0 Å². The van der Waals surface area contributed by atoms with E-state index in [1.807, 2.05) is 0 Å². The van der Waals surface area contributed by atoms with Crippen LogP contribution in [-0.4, -0.2) is 28.4 Å². The normalized spacial score (nSPS) is 14.0. The second kappa shape index (κ2) is 8.35. The van der Waals surface area contributed by atoms with Gasteiger partial charge in [-0.15, -0.1) is 0 Å². The number of rotatable bonds is 4. The van der Waals surface area contributed by atoms with Crippen LogP contribution in [0, 0.1) is 0 Å². The van der Waals surface area contributed by atoms with E-state index < -0.39 is 0 Å². The fourth-order valence-corrected chi connectivity index (χ4v) is 3.74. The number of ether oxygens (including phenoxy) is 4.